The lowest BCUT2D eigenvalue weighted by atomic mass is 9.78. The molecule has 0 spiro atoms. The van der Waals surface area contributed by atoms with Gasteiger partial charge in [0.1, 0.15) is 5.82 Å². The average Bonchev–Trinajstić information content (AvgIpc) is 2.81. The highest BCUT2D eigenvalue weighted by atomic mass is 35.5. The first kappa shape index (κ1) is 30.6. The van der Waals surface area contributed by atoms with E-state index in [0.29, 0.717) is 37.8 Å². The molecule has 1 unspecified atom stereocenters. The minimum atomic E-state index is -4.72. The summed E-state index contributed by atoms with van der Waals surface area (Å²) in [5, 5.41) is 3.04. The fourth-order valence-electron chi connectivity index (χ4n) is 4.68. The number of benzene rings is 2. The van der Waals surface area contributed by atoms with Crippen molar-refractivity contribution in [3.8, 4) is 0 Å². The molecule has 1 aliphatic heterocycles. The molecule has 1 aliphatic rings. The quantitative estimate of drug-likeness (QED) is 0.431. The van der Waals surface area contributed by atoms with Gasteiger partial charge in [0.2, 0.25) is 15.9 Å². The molecule has 3 rings (SSSR count). The number of piperazine rings is 1. The average molecular weight is 598 g/mol. The van der Waals surface area contributed by atoms with Crippen LogP contribution in [0.4, 0.5) is 17.6 Å². The van der Waals surface area contributed by atoms with E-state index in [-0.39, 0.29) is 22.5 Å². The van der Waals surface area contributed by atoms with Crippen LogP contribution in [0, 0.1) is 5.82 Å². The second-order valence-corrected chi connectivity index (χ2v) is 12.5. The lowest BCUT2D eigenvalue weighted by Gasteiger charge is -2.40. The number of hydrogen-bond donors (Lipinski definition) is 1. The number of halogens is 6. The van der Waals surface area contributed by atoms with E-state index in [1.54, 1.807) is 19.9 Å². The van der Waals surface area contributed by atoms with Crippen molar-refractivity contribution in [2.45, 2.75) is 44.4 Å². The second-order valence-electron chi connectivity index (χ2n) is 9.72. The number of sulfonamides is 1. The Bertz CT molecular complexity index is 1290. The van der Waals surface area contributed by atoms with Gasteiger partial charge in [0.15, 0.2) is 0 Å². The van der Waals surface area contributed by atoms with E-state index >= 15 is 0 Å². The molecular weight excluding hydrogens is 569 g/mol. The largest absolute Gasteiger partial charge is 0.416 e. The predicted molar refractivity (Wildman–Crippen MR) is 139 cm³/mol. The highest BCUT2D eigenvalue weighted by molar-refractivity contribution is 7.88. The zero-order valence-corrected chi connectivity index (χ0v) is 23.4. The van der Waals surface area contributed by atoms with Gasteiger partial charge in [-0.05, 0) is 68.3 Å². The predicted octanol–water partition coefficient (Wildman–Crippen LogP) is 5.08. The summed E-state index contributed by atoms with van der Waals surface area (Å²) in [5.41, 5.74) is -2.17. The Morgan fingerprint density at radius 3 is 2.37 bits per heavy atom. The molecule has 38 heavy (non-hydrogen) atoms. The number of carbonyl (C=O) groups is 1. The van der Waals surface area contributed by atoms with E-state index in [9.17, 15) is 30.8 Å². The fraction of sp³-hybridized carbons (Fsp3) is 0.480. The first-order valence-electron chi connectivity index (χ1n) is 11.8. The molecule has 0 aliphatic carbocycles. The topological polar surface area (TPSA) is 69.7 Å². The summed E-state index contributed by atoms with van der Waals surface area (Å²) in [6, 6.07) is 6.55. The van der Waals surface area contributed by atoms with Crippen molar-refractivity contribution in [3.05, 3.63) is 69.0 Å². The molecule has 1 heterocycles. The zero-order valence-electron chi connectivity index (χ0n) is 21.1. The number of hydrogen-bond acceptors (Lipinski definition) is 4. The molecule has 1 fully saturated rings. The second kappa shape index (κ2) is 11.7. The maximum absolute atomic E-state index is 13.7. The fourth-order valence-corrected chi connectivity index (χ4v) is 6.11. The van der Waals surface area contributed by atoms with Crippen LogP contribution in [0.5, 0.6) is 0 Å². The van der Waals surface area contributed by atoms with Crippen LogP contribution in [-0.2, 0) is 33.0 Å². The lowest BCUT2D eigenvalue weighted by Crippen LogP contribution is -2.54. The van der Waals surface area contributed by atoms with Crippen molar-refractivity contribution in [2.75, 3.05) is 32.4 Å². The molecule has 210 valence electrons. The molecule has 0 radical (unpaired) electrons. The number of amides is 1. The summed E-state index contributed by atoms with van der Waals surface area (Å²) in [7, 11) is -3.35. The van der Waals surface area contributed by atoms with Crippen molar-refractivity contribution in [2.24, 2.45) is 0 Å². The van der Waals surface area contributed by atoms with Crippen LogP contribution in [0.25, 0.3) is 0 Å². The monoisotopic (exact) mass is 597 g/mol. The van der Waals surface area contributed by atoms with Crippen LogP contribution < -0.4 is 5.32 Å². The maximum atomic E-state index is 13.7. The molecule has 6 nitrogen and oxygen atoms in total. The van der Waals surface area contributed by atoms with Gasteiger partial charge in [-0.25, -0.2) is 12.8 Å². The van der Waals surface area contributed by atoms with E-state index in [1.807, 2.05) is 4.90 Å². The van der Waals surface area contributed by atoms with Gasteiger partial charge in [-0.3, -0.25) is 4.79 Å². The first-order chi connectivity index (χ1) is 17.5. The first-order valence-corrected chi connectivity index (χ1v) is 14.4. The SMILES string of the molecule is C[C@H]1CN(CCC(C)(C(=O)NCc2cc(F)ccc2C(F)(F)F)c2ccc(Cl)c(Cl)c2)CCN1S(C)(=O)=O. The summed E-state index contributed by atoms with van der Waals surface area (Å²) < 4.78 is 79.5. The molecule has 1 N–H and O–H groups in total. The summed E-state index contributed by atoms with van der Waals surface area (Å²) in [4.78, 5) is 15.6. The molecule has 2 aromatic rings. The standard InChI is InChI=1S/C25H29Cl2F4N3O3S/c1-16-15-33(10-11-34(16)38(3,36)37)9-8-24(2,18-4-7-21(26)22(27)13-18)23(35)32-14-17-12-19(28)5-6-20(17)25(29,30)31/h4-7,12-13,16H,8-11,14-15H2,1-3H3,(H,32,35)/t16-,24?/m0/s1. The van der Waals surface area contributed by atoms with Gasteiger partial charge >= 0.3 is 6.18 Å². The van der Waals surface area contributed by atoms with Crippen LogP contribution in [0.3, 0.4) is 0 Å². The minimum Gasteiger partial charge on any atom is -0.351 e. The number of rotatable bonds is 8. The van der Waals surface area contributed by atoms with Crippen molar-refractivity contribution >= 4 is 39.1 Å². The van der Waals surface area contributed by atoms with Gasteiger partial charge in [0, 0.05) is 32.2 Å². The summed E-state index contributed by atoms with van der Waals surface area (Å²) in [6.07, 6.45) is -3.31. The van der Waals surface area contributed by atoms with Crippen LogP contribution in [0.1, 0.15) is 37.0 Å². The molecular formula is C25H29Cl2F4N3O3S. The highest BCUT2D eigenvalue weighted by Crippen LogP contribution is 2.35. The van der Waals surface area contributed by atoms with Crippen LogP contribution in [-0.4, -0.2) is 62.0 Å². The van der Waals surface area contributed by atoms with Crippen molar-refractivity contribution in [1.29, 1.82) is 0 Å². The Morgan fingerprint density at radius 1 is 1.11 bits per heavy atom. The number of carbonyl (C=O) groups excluding carboxylic acids is 1. The molecule has 1 saturated heterocycles. The molecule has 0 bridgehead atoms. The van der Waals surface area contributed by atoms with Crippen LogP contribution >= 0.6 is 23.2 Å². The van der Waals surface area contributed by atoms with E-state index in [1.165, 1.54) is 16.4 Å². The Hall–Kier alpha value is -1.92. The van der Waals surface area contributed by atoms with Crippen molar-refractivity contribution < 1.29 is 30.8 Å². The molecule has 0 saturated carbocycles. The third kappa shape index (κ3) is 7.18. The number of nitrogens with zero attached hydrogens (tertiary/aromatic N) is 2. The Morgan fingerprint density at radius 2 is 1.79 bits per heavy atom. The summed E-state index contributed by atoms with van der Waals surface area (Å²) >= 11 is 12.3. The van der Waals surface area contributed by atoms with Crippen LogP contribution in [0.2, 0.25) is 10.0 Å². The molecule has 2 aromatic carbocycles. The summed E-state index contributed by atoms with van der Waals surface area (Å²) in [5.74, 6) is -1.42. The minimum absolute atomic E-state index is 0.211. The van der Waals surface area contributed by atoms with Crippen molar-refractivity contribution in [1.82, 2.24) is 14.5 Å². The third-order valence-corrected chi connectivity index (χ3v) is 9.01. The Kier molecular flexibility index (Phi) is 9.41. The lowest BCUT2D eigenvalue weighted by molar-refractivity contribution is -0.138. The van der Waals surface area contributed by atoms with Gasteiger partial charge in [0.05, 0.1) is 27.3 Å². The Labute approximate surface area is 229 Å². The summed E-state index contributed by atoms with van der Waals surface area (Å²) in [6.45, 7) is 4.52. The molecule has 0 aromatic heterocycles. The van der Waals surface area contributed by atoms with Crippen LogP contribution in [0.15, 0.2) is 36.4 Å². The number of nitrogens with one attached hydrogen (secondary N) is 1. The van der Waals surface area contributed by atoms with Gasteiger partial charge in [-0.2, -0.15) is 17.5 Å². The van der Waals surface area contributed by atoms with E-state index < -0.39 is 51.0 Å². The van der Waals surface area contributed by atoms with Gasteiger partial charge in [-0.1, -0.05) is 29.3 Å². The van der Waals surface area contributed by atoms with Gasteiger partial charge in [0.25, 0.3) is 0 Å². The third-order valence-electron chi connectivity index (χ3n) is 6.87. The molecule has 13 heteroatoms. The van der Waals surface area contributed by atoms with Gasteiger partial charge < -0.3 is 10.2 Å². The van der Waals surface area contributed by atoms with Gasteiger partial charge in [-0.15, -0.1) is 0 Å². The normalized spacial score (nSPS) is 19.2. The van der Waals surface area contributed by atoms with E-state index in [0.717, 1.165) is 18.4 Å². The maximum Gasteiger partial charge on any atom is 0.416 e. The molecule has 1 amide bonds. The smallest absolute Gasteiger partial charge is 0.351 e. The van der Waals surface area contributed by atoms with Crippen molar-refractivity contribution in [3.63, 3.8) is 0 Å². The Balaban J connectivity index is 1.83. The van der Waals surface area contributed by atoms with E-state index in [2.05, 4.69) is 5.32 Å². The highest BCUT2D eigenvalue weighted by Gasteiger charge is 2.38. The molecule has 2 atom stereocenters. The zero-order chi connectivity index (χ0) is 28.5. The van der Waals surface area contributed by atoms with E-state index in [4.69, 9.17) is 23.2 Å². The number of alkyl halides is 3.